The quantitative estimate of drug-likeness (QED) is 0.263. The molecule has 1 amide bonds. The molecule has 3 aromatic rings. The van der Waals surface area contributed by atoms with Gasteiger partial charge in [0.05, 0.1) is 30.5 Å². The lowest BCUT2D eigenvalue weighted by Crippen LogP contribution is -2.31. The number of pyridine rings is 1. The average Bonchev–Trinajstić information content (AvgIpc) is 3.35. The summed E-state index contributed by atoms with van der Waals surface area (Å²) >= 11 is 0. The number of likely N-dealkylation sites (N-methyl/N-ethyl adjacent to an activating group) is 1. The lowest BCUT2D eigenvalue weighted by Gasteiger charge is -2.13. The van der Waals surface area contributed by atoms with Gasteiger partial charge in [0, 0.05) is 11.9 Å². The summed E-state index contributed by atoms with van der Waals surface area (Å²) in [6, 6.07) is 7.94. The van der Waals surface area contributed by atoms with Crippen molar-refractivity contribution in [2.45, 2.75) is 32.6 Å². The highest BCUT2D eigenvalue weighted by molar-refractivity contribution is 6.09. The number of rotatable bonds is 7. The zero-order valence-corrected chi connectivity index (χ0v) is 19.6. The van der Waals surface area contributed by atoms with E-state index in [1.54, 1.807) is 7.05 Å². The van der Waals surface area contributed by atoms with Gasteiger partial charge in [0.1, 0.15) is 11.6 Å². The number of nitrogens with one attached hydrogen (secondary N) is 2. The van der Waals surface area contributed by atoms with Gasteiger partial charge in [-0.15, -0.1) is 0 Å². The fourth-order valence-corrected chi connectivity index (χ4v) is 3.56. The molecule has 6 N–H and O–H groups in total. The van der Waals surface area contributed by atoms with Gasteiger partial charge in [0.15, 0.2) is 17.7 Å². The third kappa shape index (κ3) is 5.67. The van der Waals surface area contributed by atoms with Crippen LogP contribution in [0.3, 0.4) is 0 Å². The molecule has 12 heteroatoms. The van der Waals surface area contributed by atoms with Crippen LogP contribution in [-0.2, 0) is 20.9 Å². The maximum atomic E-state index is 11.9. The van der Waals surface area contributed by atoms with Crippen LogP contribution in [0.2, 0.25) is 0 Å². The van der Waals surface area contributed by atoms with E-state index in [-0.39, 0.29) is 12.5 Å². The van der Waals surface area contributed by atoms with Crippen LogP contribution in [0, 0.1) is 5.92 Å². The number of aromatic nitrogens is 3. The summed E-state index contributed by atoms with van der Waals surface area (Å²) in [7, 11) is 1.74. The highest BCUT2D eigenvalue weighted by Crippen LogP contribution is 2.29. The topological polar surface area (TPSA) is 179 Å². The molecule has 0 radical (unpaired) electrons. The maximum absolute atomic E-state index is 11.9. The molecule has 4 rings (SSSR count). The molecule has 0 bridgehead atoms. The van der Waals surface area contributed by atoms with Gasteiger partial charge in [0.2, 0.25) is 11.7 Å². The largest absolute Gasteiger partial charge is 0.505 e. The first kappa shape index (κ1) is 25.9. The molecule has 35 heavy (non-hydrogen) atoms. The van der Waals surface area contributed by atoms with Crippen LogP contribution in [0.1, 0.15) is 13.8 Å². The molecule has 3 heterocycles. The summed E-state index contributed by atoms with van der Waals surface area (Å²) in [6.45, 7) is 4.78. The molecule has 0 fully saturated rings. The molecule has 0 saturated carbocycles. The van der Waals surface area contributed by atoms with E-state index in [9.17, 15) is 9.59 Å². The van der Waals surface area contributed by atoms with E-state index in [1.165, 1.54) is 0 Å². The predicted octanol–water partition coefficient (Wildman–Crippen LogP) is 0.991. The SMILES string of the molecule is CNCC(=O)Nc1nc2ccccc2c2c1ncn2CC(C)C.O=C1O[C@H]([C@@H](O)CO)C(O)=C1O. The minimum atomic E-state index is -1.42. The molecule has 12 nitrogen and oxygen atoms in total. The number of cyclic esters (lactones) is 1. The number of ether oxygens (including phenoxy) is 1. The van der Waals surface area contributed by atoms with Crippen LogP contribution in [0.25, 0.3) is 21.9 Å². The number of fused-ring (bicyclic) bond motifs is 3. The van der Waals surface area contributed by atoms with Crippen molar-refractivity contribution in [3.05, 3.63) is 42.1 Å². The van der Waals surface area contributed by atoms with E-state index in [0.717, 1.165) is 28.5 Å². The third-order valence-electron chi connectivity index (χ3n) is 5.09. The Hall–Kier alpha value is -3.74. The Balaban J connectivity index is 0.000000241. The minimum Gasteiger partial charge on any atom is -0.505 e. The summed E-state index contributed by atoms with van der Waals surface area (Å²) in [4.78, 5) is 31.5. The van der Waals surface area contributed by atoms with Crippen LogP contribution in [0.4, 0.5) is 5.82 Å². The maximum Gasteiger partial charge on any atom is 0.377 e. The molecule has 0 saturated heterocycles. The Kier molecular flexibility index (Phi) is 8.22. The van der Waals surface area contributed by atoms with Crippen molar-refractivity contribution in [2.24, 2.45) is 5.92 Å². The lowest BCUT2D eigenvalue weighted by atomic mass is 10.1. The number of hydrogen-bond acceptors (Lipinski definition) is 10. The smallest absolute Gasteiger partial charge is 0.377 e. The van der Waals surface area contributed by atoms with Crippen molar-refractivity contribution in [1.29, 1.82) is 0 Å². The van der Waals surface area contributed by atoms with E-state index >= 15 is 0 Å². The van der Waals surface area contributed by atoms with Crippen molar-refractivity contribution in [2.75, 3.05) is 25.5 Å². The van der Waals surface area contributed by atoms with Crippen LogP contribution < -0.4 is 10.6 Å². The molecule has 0 spiro atoms. The normalized spacial score (nSPS) is 16.4. The lowest BCUT2D eigenvalue weighted by molar-refractivity contribution is -0.147. The van der Waals surface area contributed by atoms with Gasteiger partial charge in [-0.25, -0.2) is 14.8 Å². The van der Waals surface area contributed by atoms with E-state index < -0.39 is 36.3 Å². The van der Waals surface area contributed by atoms with Gasteiger partial charge < -0.3 is 40.4 Å². The van der Waals surface area contributed by atoms with Crippen LogP contribution in [0.5, 0.6) is 0 Å². The Morgan fingerprint density at radius 3 is 2.57 bits per heavy atom. The molecule has 0 unspecified atom stereocenters. The van der Waals surface area contributed by atoms with Gasteiger partial charge in [-0.1, -0.05) is 32.0 Å². The van der Waals surface area contributed by atoms with Crippen molar-refractivity contribution >= 4 is 39.6 Å². The number of carbonyl (C=O) groups excluding carboxylic acids is 2. The van der Waals surface area contributed by atoms with Gasteiger partial charge in [-0.05, 0) is 19.0 Å². The third-order valence-corrected chi connectivity index (χ3v) is 5.09. The zero-order valence-electron chi connectivity index (χ0n) is 19.6. The van der Waals surface area contributed by atoms with Crippen LogP contribution in [0.15, 0.2) is 42.1 Å². The molecule has 0 aliphatic carbocycles. The molecular weight excluding hydrogens is 458 g/mol. The highest BCUT2D eigenvalue weighted by Gasteiger charge is 2.38. The molecular formula is C23H29N5O7. The molecule has 188 valence electrons. The minimum absolute atomic E-state index is 0.130. The first-order valence-corrected chi connectivity index (χ1v) is 11.0. The standard InChI is InChI=1S/C17H21N5O.C6H8O6/c1-11(2)9-22-10-19-15-16(22)12-6-4-5-7-13(12)20-17(15)21-14(23)8-18-3;7-1-2(8)5-3(9)4(10)6(11)12-5/h4-7,10-11,18H,8-9H2,1-3H3,(H,20,21,23);2,5,7-10H,1H2/t;2-,5+/m.0/s1. The first-order chi connectivity index (χ1) is 16.7. The number of benzene rings is 1. The second-order valence-corrected chi connectivity index (χ2v) is 8.35. The summed E-state index contributed by atoms with van der Waals surface area (Å²) in [6.07, 6.45) is -0.951. The van der Waals surface area contributed by atoms with Gasteiger partial charge in [0.25, 0.3) is 0 Å². The summed E-state index contributed by atoms with van der Waals surface area (Å²) in [5.41, 5.74) is 2.60. The Labute approximate surface area is 200 Å². The summed E-state index contributed by atoms with van der Waals surface area (Å²) in [5, 5.41) is 41.8. The molecule has 2 aromatic heterocycles. The highest BCUT2D eigenvalue weighted by atomic mass is 16.6. The molecule has 1 aliphatic rings. The number of aliphatic hydroxyl groups excluding tert-OH is 4. The van der Waals surface area contributed by atoms with Crippen molar-refractivity contribution in [3.8, 4) is 0 Å². The Bertz CT molecular complexity index is 1250. The van der Waals surface area contributed by atoms with Crippen LogP contribution in [-0.4, -0.2) is 79.2 Å². The number of para-hydroxylation sites is 1. The van der Waals surface area contributed by atoms with Gasteiger partial charge >= 0.3 is 5.97 Å². The van der Waals surface area contributed by atoms with E-state index in [0.29, 0.717) is 11.7 Å². The number of esters is 1. The van der Waals surface area contributed by atoms with Crippen molar-refractivity contribution in [3.63, 3.8) is 0 Å². The number of aliphatic hydroxyl groups is 4. The molecule has 2 atom stereocenters. The number of amides is 1. The average molecular weight is 488 g/mol. The predicted molar refractivity (Wildman–Crippen MR) is 128 cm³/mol. The fourth-order valence-electron chi connectivity index (χ4n) is 3.56. The van der Waals surface area contributed by atoms with Crippen LogP contribution >= 0.6 is 0 Å². The zero-order chi connectivity index (χ0) is 25.7. The number of anilines is 1. The van der Waals surface area contributed by atoms with E-state index in [4.69, 9.17) is 20.4 Å². The fraction of sp³-hybridized carbons (Fsp3) is 0.391. The number of carbonyl (C=O) groups is 2. The Morgan fingerprint density at radius 1 is 1.26 bits per heavy atom. The number of nitrogens with zero attached hydrogens (tertiary/aromatic N) is 3. The number of hydrogen-bond donors (Lipinski definition) is 6. The van der Waals surface area contributed by atoms with Gasteiger partial charge in [-0.2, -0.15) is 0 Å². The Morgan fingerprint density at radius 2 is 1.97 bits per heavy atom. The summed E-state index contributed by atoms with van der Waals surface area (Å²) in [5.74, 6) is -1.89. The second kappa shape index (κ2) is 11.1. The van der Waals surface area contributed by atoms with Gasteiger partial charge in [-0.3, -0.25) is 4.79 Å². The summed E-state index contributed by atoms with van der Waals surface area (Å²) < 4.78 is 6.45. The number of imidazole rings is 1. The monoisotopic (exact) mass is 487 g/mol. The van der Waals surface area contributed by atoms with E-state index in [1.807, 2.05) is 30.6 Å². The second-order valence-electron chi connectivity index (χ2n) is 8.35. The molecule has 1 aromatic carbocycles. The first-order valence-electron chi connectivity index (χ1n) is 11.0. The van der Waals surface area contributed by atoms with Crippen molar-refractivity contribution in [1.82, 2.24) is 19.9 Å². The van der Waals surface area contributed by atoms with Crippen molar-refractivity contribution < 1.29 is 34.8 Å². The van der Waals surface area contributed by atoms with E-state index in [2.05, 4.69) is 43.8 Å². The molecule has 1 aliphatic heterocycles.